The number of alkyl halides is 3. The van der Waals surface area contributed by atoms with Gasteiger partial charge >= 0.3 is 12.1 Å². The summed E-state index contributed by atoms with van der Waals surface area (Å²) >= 11 is 0. The molecule has 0 saturated heterocycles. The average molecular weight is 650 g/mol. The van der Waals surface area contributed by atoms with Crippen molar-refractivity contribution in [3.63, 3.8) is 0 Å². The highest BCUT2D eigenvalue weighted by atomic mass is 19.4. The fraction of sp³-hybridized carbons (Fsp3) is 0.656. The smallest absolute Gasteiger partial charge is 0.475 e. The summed E-state index contributed by atoms with van der Waals surface area (Å²) in [5, 5.41) is 24.6. The van der Waals surface area contributed by atoms with E-state index in [1.165, 1.54) is 44.9 Å². The predicted molar refractivity (Wildman–Crippen MR) is 168 cm³/mol. The van der Waals surface area contributed by atoms with Gasteiger partial charge in [0.25, 0.3) is 0 Å². The van der Waals surface area contributed by atoms with Gasteiger partial charge in [-0.15, -0.1) is 5.10 Å². The quantitative estimate of drug-likeness (QED) is 0.173. The molecule has 2 saturated carbocycles. The highest BCUT2D eigenvalue weighted by Gasteiger charge is 2.38. The van der Waals surface area contributed by atoms with Gasteiger partial charge in [0.1, 0.15) is 12.6 Å². The zero-order valence-corrected chi connectivity index (χ0v) is 26.4. The van der Waals surface area contributed by atoms with Crippen LogP contribution in [0.3, 0.4) is 0 Å². The van der Waals surface area contributed by atoms with E-state index in [9.17, 15) is 22.8 Å². The number of rotatable bonds is 11. The van der Waals surface area contributed by atoms with E-state index in [2.05, 4.69) is 38.0 Å². The van der Waals surface area contributed by atoms with E-state index >= 15 is 0 Å². The van der Waals surface area contributed by atoms with Gasteiger partial charge in [-0.1, -0.05) is 82.9 Å². The van der Waals surface area contributed by atoms with Crippen molar-refractivity contribution < 1.29 is 32.7 Å². The minimum Gasteiger partial charge on any atom is -0.475 e. The predicted octanol–water partition coefficient (Wildman–Crippen LogP) is 5.87. The Balaban J connectivity index is 0.000000738. The van der Waals surface area contributed by atoms with Crippen molar-refractivity contribution in [3.8, 4) is 0 Å². The Morgan fingerprint density at radius 3 is 2.33 bits per heavy atom. The molecule has 14 heteroatoms. The number of amides is 2. The molecule has 2 fully saturated rings. The Kier molecular flexibility index (Phi) is 14.6. The minimum absolute atomic E-state index is 0.0457. The maximum absolute atomic E-state index is 13.3. The third-order valence-electron chi connectivity index (χ3n) is 8.70. The number of carbonyl (C=O) groups excluding carboxylic acids is 2. The number of nitrogens with two attached hydrogens (primary N) is 1. The van der Waals surface area contributed by atoms with Crippen LogP contribution in [0.5, 0.6) is 0 Å². The van der Waals surface area contributed by atoms with Gasteiger partial charge in [0.15, 0.2) is 5.96 Å². The van der Waals surface area contributed by atoms with Crippen molar-refractivity contribution in [3.05, 3.63) is 35.4 Å². The van der Waals surface area contributed by atoms with Crippen molar-refractivity contribution in [2.24, 2.45) is 43.9 Å². The molecule has 1 aromatic carbocycles. The summed E-state index contributed by atoms with van der Waals surface area (Å²) in [6.45, 7) is 3.08. The van der Waals surface area contributed by atoms with Crippen LogP contribution in [0.1, 0.15) is 102 Å². The second-order valence-electron chi connectivity index (χ2n) is 12.4. The maximum Gasteiger partial charge on any atom is 0.490 e. The van der Waals surface area contributed by atoms with Crippen LogP contribution in [0.4, 0.5) is 13.2 Å². The number of halogens is 3. The Morgan fingerprint density at radius 2 is 1.72 bits per heavy atom. The first-order chi connectivity index (χ1) is 21.9. The van der Waals surface area contributed by atoms with Crippen LogP contribution in [-0.4, -0.2) is 53.3 Å². The number of hydrogen-bond acceptors (Lipinski definition) is 7. The van der Waals surface area contributed by atoms with Crippen molar-refractivity contribution in [1.29, 1.82) is 0 Å². The lowest BCUT2D eigenvalue weighted by Gasteiger charge is -2.28. The minimum atomic E-state index is -5.08. The zero-order valence-electron chi connectivity index (χ0n) is 26.4. The fourth-order valence-corrected chi connectivity index (χ4v) is 6.28. The van der Waals surface area contributed by atoms with Crippen LogP contribution in [0.15, 0.2) is 44.7 Å². The number of nitrogens with zero attached hydrogens (tertiary/aromatic N) is 4. The summed E-state index contributed by atoms with van der Waals surface area (Å²) in [5.41, 5.74) is 8.93. The van der Waals surface area contributed by atoms with Crippen LogP contribution in [0.2, 0.25) is 0 Å². The van der Waals surface area contributed by atoms with E-state index in [4.69, 9.17) is 15.6 Å². The van der Waals surface area contributed by atoms with Crippen LogP contribution in [0, 0.1) is 17.8 Å². The molecule has 0 radical (unpaired) electrons. The number of carboxylic acid groups (broad SMARTS) is 1. The molecule has 1 atom stereocenters. The van der Waals surface area contributed by atoms with E-state index < -0.39 is 18.2 Å². The lowest BCUT2D eigenvalue weighted by atomic mass is 9.79. The summed E-state index contributed by atoms with van der Waals surface area (Å²) in [6, 6.07) is 7.25. The molecule has 1 heterocycles. The first-order valence-electron chi connectivity index (χ1n) is 16.2. The van der Waals surface area contributed by atoms with E-state index in [0.717, 1.165) is 48.4 Å². The molecule has 4 rings (SSSR count). The highest BCUT2D eigenvalue weighted by Crippen LogP contribution is 2.33. The Bertz CT molecular complexity index is 1250. The highest BCUT2D eigenvalue weighted by molar-refractivity contribution is 6.02. The molecule has 0 unspecified atom stereocenters. The van der Waals surface area contributed by atoms with E-state index in [1.54, 1.807) is 0 Å². The van der Waals surface area contributed by atoms with Gasteiger partial charge < -0.3 is 16.2 Å². The molecule has 0 aromatic heterocycles. The lowest BCUT2D eigenvalue weighted by Crippen LogP contribution is -2.42. The van der Waals surface area contributed by atoms with Gasteiger partial charge in [0.2, 0.25) is 11.8 Å². The van der Waals surface area contributed by atoms with Crippen LogP contribution in [-0.2, 0) is 20.9 Å². The van der Waals surface area contributed by atoms with Gasteiger partial charge in [-0.3, -0.25) is 14.9 Å². The zero-order chi connectivity index (χ0) is 33.5. The lowest BCUT2D eigenvalue weighted by molar-refractivity contribution is -0.192. The Labute approximate surface area is 267 Å². The molecule has 2 aliphatic carbocycles. The van der Waals surface area contributed by atoms with E-state index in [0.29, 0.717) is 37.8 Å². The third-order valence-corrected chi connectivity index (χ3v) is 8.70. The monoisotopic (exact) mass is 649 g/mol. The number of aliphatic imine (C=N–C) groups is 1. The molecule has 2 amide bonds. The van der Waals surface area contributed by atoms with Crippen molar-refractivity contribution in [2.45, 2.75) is 109 Å². The topological polar surface area (TPSA) is 171 Å². The molecule has 0 bridgehead atoms. The van der Waals surface area contributed by atoms with Gasteiger partial charge in [-0.05, 0) is 53.9 Å². The number of guanidine groups is 1. The van der Waals surface area contributed by atoms with Gasteiger partial charge in [-0.2, -0.15) is 18.3 Å². The van der Waals surface area contributed by atoms with Gasteiger partial charge in [0, 0.05) is 18.5 Å². The number of benzene rings is 1. The van der Waals surface area contributed by atoms with Gasteiger partial charge in [0.05, 0.1) is 5.71 Å². The molecule has 1 aliphatic heterocycles. The van der Waals surface area contributed by atoms with Crippen LogP contribution < -0.4 is 16.4 Å². The number of nitrogens with one attached hydrogen (secondary N) is 2. The second kappa shape index (κ2) is 18.3. The number of hydrogen-bond donors (Lipinski definition) is 4. The summed E-state index contributed by atoms with van der Waals surface area (Å²) < 4.78 is 31.7. The van der Waals surface area contributed by atoms with Crippen LogP contribution >= 0.6 is 0 Å². The molecule has 254 valence electrons. The molecule has 46 heavy (non-hydrogen) atoms. The van der Waals surface area contributed by atoms with Crippen molar-refractivity contribution in [1.82, 2.24) is 10.6 Å². The van der Waals surface area contributed by atoms with Crippen LogP contribution in [0.25, 0.3) is 0 Å². The van der Waals surface area contributed by atoms with E-state index in [-0.39, 0.29) is 17.8 Å². The number of carboxylic acids is 1. The average Bonchev–Trinajstić information content (AvgIpc) is 3.57. The number of aliphatic carboxylic acids is 1. The largest absolute Gasteiger partial charge is 0.490 e. The normalized spacial score (nSPS) is 21.0. The Morgan fingerprint density at radius 1 is 1.04 bits per heavy atom. The molecule has 0 spiro atoms. The summed E-state index contributed by atoms with van der Waals surface area (Å²) in [4.78, 5) is 39.5. The van der Waals surface area contributed by atoms with Crippen molar-refractivity contribution >= 4 is 29.5 Å². The third kappa shape index (κ3) is 12.9. The first kappa shape index (κ1) is 36.6. The summed E-state index contributed by atoms with van der Waals surface area (Å²) in [6.07, 6.45) is 8.98. The molecule has 1 aromatic rings. The van der Waals surface area contributed by atoms with Gasteiger partial charge in [-0.25, -0.2) is 9.79 Å². The summed E-state index contributed by atoms with van der Waals surface area (Å²) in [5.74, 6) is -1.32. The molecule has 11 nitrogen and oxygen atoms in total. The maximum atomic E-state index is 13.3. The summed E-state index contributed by atoms with van der Waals surface area (Å²) in [7, 11) is 0. The molecule has 3 aliphatic rings. The SMILES string of the molecule is CCCC1CCC(CC(=O)NC(N)=N[C@H](CC2CCCCC2)C(=O)NCc2cccc(C3=NN=NC3)c2)CC1.O=C(O)C(F)(F)F. The first-order valence-corrected chi connectivity index (χ1v) is 16.2. The molecular formula is C32H46F3N7O4. The standard InChI is InChI=1S/C30H45N7O2.C2HF3O2/c1-2-7-21-12-14-23(15-13-21)18-28(38)35-30(31)34-26(17-22-8-4-3-5-9-22)29(39)32-19-24-10-6-11-25(16-24)27-20-33-37-36-27;3-2(4,5)1(6)7/h6,10-11,16,21-23,26H,2-5,7-9,12-15,17-20H2,1H3,(H,32,39)(H3,31,34,35,38);(H,6,7)/t21?,23?,26-;/m1./s1. The van der Waals surface area contributed by atoms with Crippen molar-refractivity contribution in [2.75, 3.05) is 6.54 Å². The number of carbonyl (C=O) groups is 3. The molecule has 5 N–H and O–H groups in total. The molecular weight excluding hydrogens is 603 g/mol. The Hall–Kier alpha value is -3.84. The second-order valence-corrected chi connectivity index (χ2v) is 12.4. The fourth-order valence-electron chi connectivity index (χ4n) is 6.28. The van der Waals surface area contributed by atoms with E-state index in [1.807, 2.05) is 24.3 Å².